The third-order valence-electron chi connectivity index (χ3n) is 5.68. The van der Waals surface area contributed by atoms with Gasteiger partial charge in [0.2, 0.25) is 0 Å². The zero-order valence-electron chi connectivity index (χ0n) is 15.9. The van der Waals surface area contributed by atoms with Crippen LogP contribution in [0.2, 0.25) is 5.02 Å². The van der Waals surface area contributed by atoms with Crippen LogP contribution in [0.4, 0.5) is 5.69 Å². The number of aromatic hydroxyl groups is 1. The molecule has 7 heteroatoms. The van der Waals surface area contributed by atoms with Crippen molar-refractivity contribution in [1.82, 2.24) is 9.80 Å². The van der Waals surface area contributed by atoms with Gasteiger partial charge in [-0.2, -0.15) is 0 Å². The van der Waals surface area contributed by atoms with Crippen molar-refractivity contribution in [2.45, 2.75) is 25.9 Å². The highest BCUT2D eigenvalue weighted by Crippen LogP contribution is 2.25. The molecule has 2 aliphatic rings. The molecule has 1 N–H and O–H groups in total. The molecule has 2 aromatic rings. The molecule has 0 atom stereocenters. The lowest BCUT2D eigenvalue weighted by molar-refractivity contribution is 0.242. The Morgan fingerprint density at radius 2 is 1.57 bits per heavy atom. The summed E-state index contributed by atoms with van der Waals surface area (Å²) >= 11 is 5.97. The monoisotopic (exact) mass is 403 g/mol. The van der Waals surface area contributed by atoms with E-state index in [4.69, 9.17) is 16.0 Å². The molecule has 0 bridgehead atoms. The first-order chi connectivity index (χ1) is 13.6. The highest BCUT2D eigenvalue weighted by atomic mass is 35.5. The molecule has 2 aliphatic heterocycles. The third-order valence-corrected chi connectivity index (χ3v) is 5.94. The summed E-state index contributed by atoms with van der Waals surface area (Å²) in [6.45, 7) is 6.54. The Hall–Kier alpha value is -2.02. The van der Waals surface area contributed by atoms with Gasteiger partial charge in [-0.05, 0) is 50.2 Å². The van der Waals surface area contributed by atoms with Crippen molar-refractivity contribution >= 4 is 17.3 Å². The van der Waals surface area contributed by atoms with Crippen LogP contribution < -0.4 is 10.5 Å². The van der Waals surface area contributed by atoms with Crippen LogP contribution in [0.5, 0.6) is 5.75 Å². The zero-order valence-corrected chi connectivity index (χ0v) is 16.7. The lowest BCUT2D eigenvalue weighted by Gasteiger charge is -2.36. The van der Waals surface area contributed by atoms with Crippen molar-refractivity contribution in [1.29, 1.82) is 0 Å². The minimum absolute atomic E-state index is 0.100. The number of likely N-dealkylation sites (tertiary alicyclic amines) is 1. The van der Waals surface area contributed by atoms with Crippen LogP contribution in [0, 0.1) is 0 Å². The van der Waals surface area contributed by atoms with Crippen LogP contribution >= 0.6 is 11.6 Å². The van der Waals surface area contributed by atoms with Gasteiger partial charge < -0.3 is 14.4 Å². The van der Waals surface area contributed by atoms with E-state index >= 15 is 0 Å². The number of hydrogen-bond donors (Lipinski definition) is 1. The molecule has 0 aliphatic carbocycles. The number of rotatable bonds is 5. The largest absolute Gasteiger partial charge is 0.507 e. The van der Waals surface area contributed by atoms with Gasteiger partial charge in [-0.1, -0.05) is 11.6 Å². The van der Waals surface area contributed by atoms with Crippen LogP contribution in [-0.2, 0) is 13.1 Å². The summed E-state index contributed by atoms with van der Waals surface area (Å²) in [6.07, 6.45) is 3.70. The quantitative estimate of drug-likeness (QED) is 0.828. The summed E-state index contributed by atoms with van der Waals surface area (Å²) in [5, 5.41) is 11.4. The first kappa shape index (κ1) is 19.3. The van der Waals surface area contributed by atoms with Gasteiger partial charge in [0.25, 0.3) is 0 Å². The number of piperazine rings is 1. The average Bonchev–Trinajstić information content (AvgIpc) is 3.22. The van der Waals surface area contributed by atoms with E-state index in [0.717, 1.165) is 57.1 Å². The predicted octanol–water partition coefficient (Wildman–Crippen LogP) is 2.92. The third kappa shape index (κ3) is 4.35. The highest BCUT2D eigenvalue weighted by molar-refractivity contribution is 6.30. The van der Waals surface area contributed by atoms with E-state index in [9.17, 15) is 9.90 Å². The van der Waals surface area contributed by atoms with Crippen LogP contribution in [0.25, 0.3) is 0 Å². The van der Waals surface area contributed by atoms with E-state index in [-0.39, 0.29) is 5.75 Å². The summed E-state index contributed by atoms with van der Waals surface area (Å²) in [5.74, 6) is 0.100. The molecule has 3 heterocycles. The number of benzene rings is 1. The molecule has 1 aromatic heterocycles. The first-order valence-electron chi connectivity index (χ1n) is 9.88. The van der Waals surface area contributed by atoms with Crippen molar-refractivity contribution < 1.29 is 9.52 Å². The van der Waals surface area contributed by atoms with Crippen LogP contribution in [-0.4, -0.2) is 54.2 Å². The van der Waals surface area contributed by atoms with Gasteiger partial charge >= 0.3 is 5.63 Å². The van der Waals surface area contributed by atoms with Gasteiger partial charge in [0.1, 0.15) is 12.0 Å². The molecular formula is C21H26ClN3O3. The fourth-order valence-electron chi connectivity index (χ4n) is 4.02. The Balaban J connectivity index is 1.39. The number of halogens is 1. The summed E-state index contributed by atoms with van der Waals surface area (Å²) < 4.78 is 5.23. The Bertz CT molecular complexity index is 854. The molecule has 2 saturated heterocycles. The van der Waals surface area contributed by atoms with E-state index in [1.807, 2.05) is 24.3 Å². The molecule has 1 aromatic carbocycles. The maximum absolute atomic E-state index is 12.1. The van der Waals surface area contributed by atoms with Crippen LogP contribution in [0.1, 0.15) is 24.0 Å². The van der Waals surface area contributed by atoms with Crippen LogP contribution in [0.15, 0.2) is 39.7 Å². The molecule has 0 radical (unpaired) electrons. The Labute approximate surface area is 169 Å². The molecule has 0 saturated carbocycles. The Kier molecular flexibility index (Phi) is 5.90. The van der Waals surface area contributed by atoms with Crippen molar-refractivity contribution in [2.75, 3.05) is 44.2 Å². The van der Waals surface area contributed by atoms with Crippen LogP contribution in [0.3, 0.4) is 0 Å². The van der Waals surface area contributed by atoms with Gasteiger partial charge in [0.15, 0.2) is 0 Å². The summed E-state index contributed by atoms with van der Waals surface area (Å²) in [7, 11) is 0. The fourth-order valence-corrected chi connectivity index (χ4v) is 4.14. The Morgan fingerprint density at radius 1 is 0.929 bits per heavy atom. The number of nitrogens with zero attached hydrogens (tertiary/aromatic N) is 3. The fraction of sp³-hybridized carbons (Fsp3) is 0.476. The first-order valence-corrected chi connectivity index (χ1v) is 10.3. The molecule has 28 heavy (non-hydrogen) atoms. The number of anilines is 1. The van der Waals surface area contributed by atoms with Gasteiger partial charge in [-0.3, -0.25) is 9.80 Å². The Morgan fingerprint density at radius 3 is 2.25 bits per heavy atom. The molecule has 4 rings (SSSR count). The predicted molar refractivity (Wildman–Crippen MR) is 110 cm³/mol. The smallest absolute Gasteiger partial charge is 0.343 e. The van der Waals surface area contributed by atoms with Crippen molar-refractivity contribution in [3.8, 4) is 5.75 Å². The summed E-state index contributed by atoms with van der Waals surface area (Å²) in [4.78, 5) is 18.9. The summed E-state index contributed by atoms with van der Waals surface area (Å²) in [5.41, 5.74) is 1.82. The second kappa shape index (κ2) is 8.55. The molecule has 6 nitrogen and oxygen atoms in total. The van der Waals surface area contributed by atoms with Crippen molar-refractivity contribution in [3.63, 3.8) is 0 Å². The van der Waals surface area contributed by atoms with E-state index in [2.05, 4.69) is 14.7 Å². The molecule has 0 spiro atoms. The normalized spacial score (nSPS) is 18.7. The molecular weight excluding hydrogens is 378 g/mol. The topological polar surface area (TPSA) is 60.2 Å². The lowest BCUT2D eigenvalue weighted by Crippen LogP contribution is -2.46. The second-order valence-electron chi connectivity index (χ2n) is 7.60. The minimum atomic E-state index is -0.430. The highest BCUT2D eigenvalue weighted by Gasteiger charge is 2.22. The van der Waals surface area contributed by atoms with Crippen molar-refractivity contribution in [3.05, 3.63) is 57.1 Å². The summed E-state index contributed by atoms with van der Waals surface area (Å²) in [6, 6.07) is 7.91. The molecule has 0 unspecified atom stereocenters. The van der Waals surface area contributed by atoms with Gasteiger partial charge in [-0.15, -0.1) is 0 Å². The molecule has 0 amide bonds. The second-order valence-corrected chi connectivity index (χ2v) is 8.03. The molecule has 2 fully saturated rings. The SMILES string of the molecule is O=c1occ(CN2CCN(c3ccc(Cl)cc3)CC2)c(O)c1CN1CCCC1. The lowest BCUT2D eigenvalue weighted by atomic mass is 10.1. The van der Waals surface area contributed by atoms with Gasteiger partial charge in [0.05, 0.1) is 5.56 Å². The standard InChI is InChI=1S/C21H26ClN3O3/c22-17-3-5-18(6-4-17)25-11-9-24(10-12-25)13-16-15-28-21(27)19(20(16)26)14-23-7-1-2-8-23/h3-6,15,26H,1-2,7-14H2. The number of hydrogen-bond acceptors (Lipinski definition) is 6. The van der Waals surface area contributed by atoms with E-state index in [1.165, 1.54) is 12.0 Å². The minimum Gasteiger partial charge on any atom is -0.507 e. The van der Waals surface area contributed by atoms with Crippen molar-refractivity contribution in [2.24, 2.45) is 0 Å². The maximum Gasteiger partial charge on any atom is 0.343 e. The average molecular weight is 404 g/mol. The van der Waals surface area contributed by atoms with Gasteiger partial charge in [-0.25, -0.2) is 4.79 Å². The van der Waals surface area contributed by atoms with Gasteiger partial charge in [0, 0.05) is 55.5 Å². The van der Waals surface area contributed by atoms with E-state index < -0.39 is 5.63 Å². The zero-order chi connectivity index (χ0) is 19.5. The van der Waals surface area contributed by atoms with E-state index in [1.54, 1.807) is 0 Å². The maximum atomic E-state index is 12.1. The molecule has 150 valence electrons. The van der Waals surface area contributed by atoms with E-state index in [0.29, 0.717) is 24.2 Å².